The summed E-state index contributed by atoms with van der Waals surface area (Å²) in [5.41, 5.74) is 4.09. The molecule has 2 aromatic rings. The van der Waals surface area contributed by atoms with E-state index in [1.807, 2.05) is 0 Å². The molecular formula is C18H19NO. The van der Waals surface area contributed by atoms with Gasteiger partial charge in [-0.05, 0) is 29.5 Å². The second kappa shape index (κ2) is 5.04. The lowest BCUT2D eigenvalue weighted by Gasteiger charge is -2.41. The van der Waals surface area contributed by atoms with Crippen LogP contribution in [-0.4, -0.2) is 12.6 Å². The van der Waals surface area contributed by atoms with E-state index in [0.717, 1.165) is 13.0 Å². The largest absolute Gasteiger partial charge is 0.363 e. The summed E-state index contributed by atoms with van der Waals surface area (Å²) in [5.74, 6) is 0. The fourth-order valence-electron chi connectivity index (χ4n) is 3.44. The first-order chi connectivity index (χ1) is 9.92. The van der Waals surface area contributed by atoms with Gasteiger partial charge in [-0.1, -0.05) is 54.6 Å². The van der Waals surface area contributed by atoms with E-state index in [2.05, 4.69) is 59.9 Å². The van der Waals surface area contributed by atoms with E-state index in [1.54, 1.807) is 0 Å². The molecule has 1 fully saturated rings. The number of hydrogen-bond acceptors (Lipinski definition) is 2. The zero-order valence-corrected chi connectivity index (χ0v) is 11.5. The number of benzene rings is 2. The molecule has 4 rings (SSSR count). The third-order valence-corrected chi connectivity index (χ3v) is 4.50. The van der Waals surface area contributed by atoms with Crippen LogP contribution in [-0.2, 0) is 11.2 Å². The van der Waals surface area contributed by atoms with Gasteiger partial charge in [0.05, 0.1) is 12.2 Å². The highest BCUT2D eigenvalue weighted by Crippen LogP contribution is 2.39. The van der Waals surface area contributed by atoms with Crippen LogP contribution in [0.25, 0.3) is 0 Å². The van der Waals surface area contributed by atoms with Gasteiger partial charge in [0.1, 0.15) is 0 Å². The zero-order chi connectivity index (χ0) is 13.4. The molecule has 1 heterocycles. The van der Waals surface area contributed by atoms with Crippen LogP contribution in [0.5, 0.6) is 0 Å². The van der Waals surface area contributed by atoms with E-state index in [-0.39, 0.29) is 12.2 Å². The predicted molar refractivity (Wildman–Crippen MR) is 79.6 cm³/mol. The van der Waals surface area contributed by atoms with Gasteiger partial charge < -0.3 is 10.1 Å². The van der Waals surface area contributed by atoms with Crippen molar-refractivity contribution in [3.05, 3.63) is 71.3 Å². The monoisotopic (exact) mass is 265 g/mol. The number of fused-ring (bicyclic) bond motifs is 3. The molecule has 0 amide bonds. The lowest BCUT2D eigenvalue weighted by atomic mass is 9.84. The number of hydrogen-bond donors (Lipinski definition) is 1. The van der Waals surface area contributed by atoms with E-state index < -0.39 is 0 Å². The van der Waals surface area contributed by atoms with Crippen molar-refractivity contribution in [3.63, 3.8) is 0 Å². The summed E-state index contributed by atoms with van der Waals surface area (Å²) in [4.78, 5) is 0. The maximum atomic E-state index is 6.44. The third-order valence-electron chi connectivity index (χ3n) is 4.50. The standard InChI is InChI=1S/C18H19NO/c1-2-7-14(8-3-1)17-12-19-16-11-10-13-6-4-5-9-15(13)18(16)20-17/h1-9,16-19H,10-12H2. The maximum absolute atomic E-state index is 6.44. The Balaban J connectivity index is 1.64. The minimum atomic E-state index is 0.156. The summed E-state index contributed by atoms with van der Waals surface area (Å²) in [6.45, 7) is 0.910. The Labute approximate surface area is 119 Å². The zero-order valence-electron chi connectivity index (χ0n) is 11.5. The highest BCUT2D eigenvalue weighted by Gasteiger charge is 2.36. The molecule has 0 bridgehead atoms. The summed E-state index contributed by atoms with van der Waals surface area (Å²) in [6.07, 6.45) is 2.68. The summed E-state index contributed by atoms with van der Waals surface area (Å²) < 4.78 is 6.44. The van der Waals surface area contributed by atoms with Gasteiger partial charge in [0, 0.05) is 12.6 Å². The molecule has 2 aliphatic rings. The van der Waals surface area contributed by atoms with Crippen LogP contribution < -0.4 is 5.32 Å². The van der Waals surface area contributed by atoms with Crippen LogP contribution in [0.3, 0.4) is 0 Å². The number of aryl methyl sites for hydroxylation is 1. The van der Waals surface area contributed by atoms with E-state index >= 15 is 0 Å². The molecule has 3 unspecified atom stereocenters. The number of nitrogens with one attached hydrogen (secondary N) is 1. The second-order valence-electron chi connectivity index (χ2n) is 5.71. The van der Waals surface area contributed by atoms with Crippen molar-refractivity contribution < 1.29 is 4.74 Å². The first kappa shape index (κ1) is 12.1. The average molecular weight is 265 g/mol. The molecule has 1 aliphatic heterocycles. The smallest absolute Gasteiger partial charge is 0.0989 e. The van der Waals surface area contributed by atoms with Gasteiger partial charge in [0.2, 0.25) is 0 Å². The van der Waals surface area contributed by atoms with Gasteiger partial charge in [-0.25, -0.2) is 0 Å². The molecule has 20 heavy (non-hydrogen) atoms. The van der Waals surface area contributed by atoms with E-state index in [1.165, 1.54) is 23.1 Å². The van der Waals surface area contributed by atoms with Crippen molar-refractivity contribution in [2.45, 2.75) is 31.1 Å². The van der Waals surface area contributed by atoms with Gasteiger partial charge in [0.15, 0.2) is 0 Å². The first-order valence-corrected chi connectivity index (χ1v) is 7.43. The number of ether oxygens (including phenoxy) is 1. The van der Waals surface area contributed by atoms with Crippen molar-refractivity contribution in [1.82, 2.24) is 5.32 Å². The van der Waals surface area contributed by atoms with Gasteiger partial charge >= 0.3 is 0 Å². The Bertz CT molecular complexity index is 595. The van der Waals surface area contributed by atoms with Crippen LogP contribution in [0.15, 0.2) is 54.6 Å². The summed E-state index contributed by atoms with van der Waals surface area (Å²) in [6, 6.07) is 19.7. The normalized spacial score (nSPS) is 28.5. The molecule has 2 nitrogen and oxygen atoms in total. The molecule has 0 radical (unpaired) electrons. The highest BCUT2D eigenvalue weighted by molar-refractivity contribution is 5.34. The molecule has 0 aromatic heterocycles. The van der Waals surface area contributed by atoms with Gasteiger partial charge in [-0.15, -0.1) is 0 Å². The van der Waals surface area contributed by atoms with Crippen LogP contribution in [0.4, 0.5) is 0 Å². The van der Waals surface area contributed by atoms with Crippen LogP contribution in [0, 0.1) is 0 Å². The van der Waals surface area contributed by atoms with Crippen molar-refractivity contribution >= 4 is 0 Å². The lowest BCUT2D eigenvalue weighted by Crippen LogP contribution is -2.47. The van der Waals surface area contributed by atoms with Gasteiger partial charge in [-0.3, -0.25) is 0 Å². The molecule has 1 saturated heterocycles. The van der Waals surface area contributed by atoms with E-state index in [0.29, 0.717) is 6.04 Å². The molecule has 0 saturated carbocycles. The van der Waals surface area contributed by atoms with E-state index in [4.69, 9.17) is 4.74 Å². The SMILES string of the molecule is c1ccc(C2CNC3CCc4ccccc4C3O2)cc1. The Kier molecular flexibility index (Phi) is 3.06. The van der Waals surface area contributed by atoms with Crippen molar-refractivity contribution in [1.29, 1.82) is 0 Å². The molecule has 3 atom stereocenters. The van der Waals surface area contributed by atoms with Crippen molar-refractivity contribution in [2.24, 2.45) is 0 Å². The average Bonchev–Trinajstić information content (AvgIpc) is 2.55. The maximum Gasteiger partial charge on any atom is 0.0989 e. The minimum absolute atomic E-state index is 0.156. The van der Waals surface area contributed by atoms with Crippen molar-refractivity contribution in [3.8, 4) is 0 Å². The van der Waals surface area contributed by atoms with Crippen molar-refractivity contribution in [2.75, 3.05) is 6.54 Å². The van der Waals surface area contributed by atoms with E-state index in [9.17, 15) is 0 Å². The minimum Gasteiger partial charge on any atom is -0.363 e. The van der Waals surface area contributed by atoms with Crippen LogP contribution >= 0.6 is 0 Å². The third kappa shape index (κ3) is 2.05. The molecule has 1 aliphatic carbocycles. The molecule has 2 aromatic carbocycles. The topological polar surface area (TPSA) is 21.3 Å². The first-order valence-electron chi connectivity index (χ1n) is 7.43. The Morgan fingerprint density at radius 1 is 0.950 bits per heavy atom. The molecule has 1 N–H and O–H groups in total. The fraction of sp³-hybridized carbons (Fsp3) is 0.333. The highest BCUT2D eigenvalue weighted by atomic mass is 16.5. The fourth-order valence-corrected chi connectivity index (χ4v) is 3.44. The predicted octanol–water partition coefficient (Wildman–Crippen LogP) is 3.40. The summed E-state index contributed by atoms with van der Waals surface area (Å²) >= 11 is 0. The number of morpholine rings is 1. The second-order valence-corrected chi connectivity index (χ2v) is 5.71. The van der Waals surface area contributed by atoms with Crippen LogP contribution in [0.1, 0.15) is 35.3 Å². The summed E-state index contributed by atoms with van der Waals surface area (Å²) in [7, 11) is 0. The lowest BCUT2D eigenvalue weighted by molar-refractivity contribution is -0.0726. The quantitative estimate of drug-likeness (QED) is 0.853. The molecule has 102 valence electrons. The molecular weight excluding hydrogens is 246 g/mol. The summed E-state index contributed by atoms with van der Waals surface area (Å²) in [5, 5.41) is 3.69. The Morgan fingerprint density at radius 2 is 1.75 bits per heavy atom. The molecule has 2 heteroatoms. The van der Waals surface area contributed by atoms with Crippen LogP contribution in [0.2, 0.25) is 0 Å². The van der Waals surface area contributed by atoms with Gasteiger partial charge in [-0.2, -0.15) is 0 Å². The Morgan fingerprint density at radius 3 is 2.65 bits per heavy atom. The van der Waals surface area contributed by atoms with Gasteiger partial charge in [0.25, 0.3) is 0 Å². The number of rotatable bonds is 1. The molecule has 0 spiro atoms. The Hall–Kier alpha value is -1.64.